The van der Waals surface area contributed by atoms with Crippen molar-refractivity contribution in [3.8, 4) is 10.6 Å². The highest BCUT2D eigenvalue weighted by Crippen LogP contribution is 2.33. The summed E-state index contributed by atoms with van der Waals surface area (Å²) in [6.45, 7) is 1.00. The molecular formula is C16H17BrN4O2S2. The van der Waals surface area contributed by atoms with Crippen LogP contribution in [0.25, 0.3) is 21.5 Å². The Morgan fingerprint density at radius 3 is 2.80 bits per heavy atom. The van der Waals surface area contributed by atoms with Crippen LogP contribution in [-0.2, 0) is 10.0 Å². The van der Waals surface area contributed by atoms with Crippen LogP contribution in [-0.4, -0.2) is 50.5 Å². The van der Waals surface area contributed by atoms with Crippen LogP contribution in [0, 0.1) is 0 Å². The zero-order valence-corrected chi connectivity index (χ0v) is 16.9. The summed E-state index contributed by atoms with van der Waals surface area (Å²) in [5.41, 5.74) is 1.54. The summed E-state index contributed by atoms with van der Waals surface area (Å²) in [6, 6.07) is 7.41. The molecule has 2 aromatic heterocycles. The molecule has 0 fully saturated rings. The Hall–Kier alpha value is -1.39. The van der Waals surface area contributed by atoms with Crippen molar-refractivity contribution in [1.82, 2.24) is 19.6 Å². The van der Waals surface area contributed by atoms with E-state index >= 15 is 0 Å². The largest absolute Gasteiger partial charge is 0.308 e. The summed E-state index contributed by atoms with van der Waals surface area (Å²) in [5, 5.41) is 2.52. The maximum atomic E-state index is 12.4. The first-order valence-electron chi connectivity index (χ1n) is 7.50. The Bertz CT molecular complexity index is 1000. The predicted octanol–water partition coefficient (Wildman–Crippen LogP) is 2.96. The molecule has 0 bridgehead atoms. The second-order valence-corrected chi connectivity index (χ2v) is 9.33. The Morgan fingerprint density at radius 1 is 1.24 bits per heavy atom. The minimum atomic E-state index is -3.52. The van der Waals surface area contributed by atoms with Crippen LogP contribution in [0.2, 0.25) is 0 Å². The van der Waals surface area contributed by atoms with Crippen molar-refractivity contribution in [2.75, 3.05) is 27.2 Å². The number of sulfonamides is 1. The van der Waals surface area contributed by atoms with Crippen LogP contribution in [0.3, 0.4) is 0 Å². The fraction of sp³-hybridized carbons (Fsp3) is 0.250. The molecule has 0 radical (unpaired) electrons. The molecule has 9 heteroatoms. The molecule has 0 saturated heterocycles. The number of nitrogens with one attached hydrogen (secondary N) is 1. The van der Waals surface area contributed by atoms with Gasteiger partial charge in [0.2, 0.25) is 10.0 Å². The number of hydrogen-bond acceptors (Lipinski definition) is 6. The van der Waals surface area contributed by atoms with E-state index < -0.39 is 10.0 Å². The normalized spacial score (nSPS) is 12.2. The lowest BCUT2D eigenvalue weighted by Gasteiger charge is -2.10. The number of fused-ring (bicyclic) bond motifs is 1. The van der Waals surface area contributed by atoms with E-state index in [0.29, 0.717) is 13.1 Å². The zero-order valence-electron chi connectivity index (χ0n) is 13.7. The molecule has 0 atom stereocenters. The average Bonchev–Trinajstić information content (AvgIpc) is 3.04. The maximum Gasteiger partial charge on any atom is 0.241 e. The molecule has 3 aromatic rings. The van der Waals surface area contributed by atoms with Crippen molar-refractivity contribution in [2.45, 2.75) is 4.90 Å². The van der Waals surface area contributed by atoms with E-state index in [1.54, 1.807) is 11.4 Å². The highest BCUT2D eigenvalue weighted by Gasteiger charge is 2.18. The van der Waals surface area contributed by atoms with Crippen molar-refractivity contribution in [2.24, 2.45) is 0 Å². The van der Waals surface area contributed by atoms with Crippen LogP contribution >= 0.6 is 27.3 Å². The Morgan fingerprint density at radius 2 is 2.04 bits per heavy atom. The third-order valence-electron chi connectivity index (χ3n) is 3.57. The van der Waals surface area contributed by atoms with Gasteiger partial charge in [0.25, 0.3) is 0 Å². The molecule has 2 heterocycles. The second-order valence-electron chi connectivity index (χ2n) is 5.73. The lowest BCUT2D eigenvalue weighted by molar-refractivity contribution is 0.412. The number of thiophene rings is 1. The van der Waals surface area contributed by atoms with E-state index in [9.17, 15) is 8.42 Å². The van der Waals surface area contributed by atoms with E-state index in [4.69, 9.17) is 0 Å². The van der Waals surface area contributed by atoms with Gasteiger partial charge in [-0.3, -0.25) is 0 Å². The highest BCUT2D eigenvalue weighted by atomic mass is 79.9. The van der Waals surface area contributed by atoms with Gasteiger partial charge in [-0.25, -0.2) is 23.1 Å². The van der Waals surface area contributed by atoms with Gasteiger partial charge in [0.1, 0.15) is 6.33 Å². The van der Waals surface area contributed by atoms with E-state index in [0.717, 1.165) is 25.9 Å². The average molecular weight is 441 g/mol. The fourth-order valence-electron chi connectivity index (χ4n) is 2.30. The molecule has 0 aliphatic heterocycles. The third kappa shape index (κ3) is 4.24. The molecular weight excluding hydrogens is 424 g/mol. The summed E-state index contributed by atoms with van der Waals surface area (Å²) >= 11 is 4.81. The van der Waals surface area contributed by atoms with Gasteiger partial charge in [-0.2, -0.15) is 0 Å². The van der Waals surface area contributed by atoms with E-state index in [1.807, 2.05) is 37.2 Å². The molecule has 0 aliphatic carbocycles. The molecule has 1 N–H and O–H groups in total. The molecule has 1 aromatic carbocycles. The molecule has 3 rings (SSSR count). The quantitative estimate of drug-likeness (QED) is 0.637. The van der Waals surface area contributed by atoms with Gasteiger partial charge in [-0.1, -0.05) is 15.9 Å². The van der Waals surface area contributed by atoms with E-state index in [1.165, 1.54) is 17.7 Å². The van der Waals surface area contributed by atoms with Crippen LogP contribution < -0.4 is 4.72 Å². The SMILES string of the molecule is CN(C)CCNS(=O)(=O)c1csc(-c2ncnc3ccc(Br)cc23)c1. The second kappa shape index (κ2) is 7.46. The first-order valence-corrected chi connectivity index (χ1v) is 10.7. The summed E-state index contributed by atoms with van der Waals surface area (Å²) in [7, 11) is 0.273. The fourth-order valence-corrected chi connectivity index (χ4v) is 4.96. The Balaban J connectivity index is 1.93. The maximum absolute atomic E-state index is 12.4. The molecule has 0 aliphatic rings. The molecule has 0 saturated carbocycles. The van der Waals surface area contributed by atoms with E-state index in [-0.39, 0.29) is 4.90 Å². The summed E-state index contributed by atoms with van der Waals surface area (Å²) < 4.78 is 28.4. The minimum Gasteiger partial charge on any atom is -0.308 e. The van der Waals surface area contributed by atoms with Crippen LogP contribution in [0.4, 0.5) is 0 Å². The number of benzene rings is 1. The number of halogens is 1. The standard InChI is InChI=1S/C16H17BrN4O2S2/c1-21(2)6-5-20-25(22,23)12-8-15(24-9-12)16-13-7-11(17)3-4-14(13)18-10-19-16/h3-4,7-10,20H,5-6H2,1-2H3. The molecule has 6 nitrogen and oxygen atoms in total. The van der Waals surface area contributed by atoms with Crippen molar-refractivity contribution in [3.63, 3.8) is 0 Å². The number of likely N-dealkylation sites (N-methyl/N-ethyl adjacent to an activating group) is 1. The van der Waals surface area contributed by atoms with Gasteiger partial charge in [-0.05, 0) is 38.4 Å². The smallest absolute Gasteiger partial charge is 0.241 e. The minimum absolute atomic E-state index is 0.257. The van der Waals surface area contributed by atoms with Gasteiger partial charge in [0.15, 0.2) is 0 Å². The highest BCUT2D eigenvalue weighted by molar-refractivity contribution is 9.10. The topological polar surface area (TPSA) is 75.2 Å². The van der Waals surface area contributed by atoms with Crippen molar-refractivity contribution < 1.29 is 8.42 Å². The zero-order chi connectivity index (χ0) is 18.0. The van der Waals surface area contributed by atoms with Gasteiger partial charge in [-0.15, -0.1) is 11.3 Å². The lowest BCUT2D eigenvalue weighted by Crippen LogP contribution is -2.31. The monoisotopic (exact) mass is 440 g/mol. The summed E-state index contributed by atoms with van der Waals surface area (Å²) in [4.78, 5) is 11.6. The molecule has 0 unspecified atom stereocenters. The summed E-state index contributed by atoms with van der Waals surface area (Å²) in [6.07, 6.45) is 1.49. The number of hydrogen-bond donors (Lipinski definition) is 1. The van der Waals surface area contributed by atoms with Crippen molar-refractivity contribution in [3.05, 3.63) is 40.4 Å². The van der Waals surface area contributed by atoms with Gasteiger partial charge in [0, 0.05) is 28.3 Å². The van der Waals surface area contributed by atoms with Crippen LogP contribution in [0.15, 0.2) is 45.3 Å². The third-order valence-corrected chi connectivity index (χ3v) is 6.59. The number of rotatable bonds is 6. The Kier molecular flexibility index (Phi) is 5.49. The summed E-state index contributed by atoms with van der Waals surface area (Å²) in [5.74, 6) is 0. The van der Waals surface area contributed by atoms with Gasteiger partial charge >= 0.3 is 0 Å². The van der Waals surface area contributed by atoms with E-state index in [2.05, 4.69) is 30.6 Å². The first kappa shape index (κ1) is 18.4. The number of aromatic nitrogens is 2. The molecule has 132 valence electrons. The van der Waals surface area contributed by atoms with Gasteiger partial charge in [0.05, 0.1) is 21.0 Å². The first-order chi connectivity index (χ1) is 11.9. The number of nitrogens with zero attached hydrogens (tertiary/aromatic N) is 3. The molecule has 0 amide bonds. The lowest BCUT2D eigenvalue weighted by atomic mass is 10.1. The van der Waals surface area contributed by atoms with Crippen molar-refractivity contribution in [1.29, 1.82) is 0 Å². The van der Waals surface area contributed by atoms with Gasteiger partial charge < -0.3 is 4.90 Å². The van der Waals surface area contributed by atoms with Crippen LogP contribution in [0.5, 0.6) is 0 Å². The molecule has 0 spiro atoms. The Labute approximate surface area is 159 Å². The predicted molar refractivity (Wildman–Crippen MR) is 104 cm³/mol. The molecule has 25 heavy (non-hydrogen) atoms. The van der Waals surface area contributed by atoms with Crippen molar-refractivity contribution >= 4 is 48.2 Å². The van der Waals surface area contributed by atoms with Crippen LogP contribution in [0.1, 0.15) is 0 Å².